The monoisotopic (exact) mass is 257 g/mol. The summed E-state index contributed by atoms with van der Waals surface area (Å²) in [6.07, 6.45) is 1.08. The lowest BCUT2D eigenvalue weighted by Crippen LogP contribution is -2.11. The minimum absolute atomic E-state index is 0.0575. The van der Waals surface area contributed by atoms with Gasteiger partial charge in [-0.15, -0.1) is 11.6 Å². The molecule has 0 unspecified atom stereocenters. The molecule has 17 heavy (non-hydrogen) atoms. The molecule has 0 aliphatic heterocycles. The highest BCUT2D eigenvalue weighted by Crippen LogP contribution is 2.29. The molecule has 0 spiro atoms. The zero-order chi connectivity index (χ0) is 12.7. The molecule has 0 aromatic heterocycles. The molecule has 0 saturated heterocycles. The van der Waals surface area contributed by atoms with Gasteiger partial charge in [0.05, 0.1) is 14.2 Å². The number of nitrogens with one attached hydrogen (secondary N) is 1. The Morgan fingerprint density at radius 2 is 2.00 bits per heavy atom. The van der Waals surface area contributed by atoms with Gasteiger partial charge in [0.2, 0.25) is 5.91 Å². The normalized spacial score (nSPS) is 9.82. The molecule has 0 saturated carbocycles. The number of methoxy groups -OCH3 is 2. The number of hydrogen-bond donors (Lipinski definition) is 1. The molecule has 1 N–H and O–H groups in total. The lowest BCUT2D eigenvalue weighted by atomic mass is 10.2. The smallest absolute Gasteiger partial charge is 0.224 e. The number of ether oxygens (including phenoxy) is 2. The van der Waals surface area contributed by atoms with Crippen LogP contribution in [0.3, 0.4) is 0 Å². The second kappa shape index (κ2) is 7.01. The summed E-state index contributed by atoms with van der Waals surface area (Å²) in [4.78, 5) is 11.5. The largest absolute Gasteiger partial charge is 0.493 e. The van der Waals surface area contributed by atoms with E-state index in [9.17, 15) is 4.79 Å². The molecule has 0 aliphatic rings. The highest BCUT2D eigenvalue weighted by molar-refractivity contribution is 6.18. The minimum Gasteiger partial charge on any atom is -0.493 e. The first-order chi connectivity index (χ1) is 8.21. The Kier molecular flexibility index (Phi) is 5.63. The van der Waals surface area contributed by atoms with Crippen molar-refractivity contribution in [1.82, 2.24) is 0 Å². The summed E-state index contributed by atoms with van der Waals surface area (Å²) in [5.74, 6) is 1.64. The van der Waals surface area contributed by atoms with Gasteiger partial charge in [-0.05, 0) is 18.6 Å². The number of alkyl halides is 1. The minimum atomic E-state index is -0.0575. The fraction of sp³-hybridized carbons (Fsp3) is 0.417. The standard InChI is InChI=1S/C12H16ClNO3/c1-16-10-6-5-9(8-11(10)17-2)14-12(15)4-3-7-13/h5-6,8H,3-4,7H2,1-2H3,(H,14,15). The molecule has 1 aromatic rings. The van der Waals surface area contributed by atoms with Crippen LogP contribution in [-0.4, -0.2) is 26.0 Å². The fourth-order valence-corrected chi connectivity index (χ4v) is 1.50. The van der Waals surface area contributed by atoms with Gasteiger partial charge in [0.15, 0.2) is 11.5 Å². The van der Waals surface area contributed by atoms with Crippen LogP contribution < -0.4 is 14.8 Å². The van der Waals surface area contributed by atoms with Gasteiger partial charge in [0.25, 0.3) is 0 Å². The molecule has 5 heteroatoms. The van der Waals surface area contributed by atoms with Gasteiger partial charge < -0.3 is 14.8 Å². The molecule has 1 amide bonds. The zero-order valence-electron chi connectivity index (χ0n) is 9.96. The summed E-state index contributed by atoms with van der Waals surface area (Å²) < 4.78 is 10.2. The first-order valence-corrected chi connectivity index (χ1v) is 5.82. The summed E-state index contributed by atoms with van der Waals surface area (Å²) in [5, 5.41) is 2.77. The number of anilines is 1. The van der Waals surface area contributed by atoms with Gasteiger partial charge in [-0.2, -0.15) is 0 Å². The summed E-state index contributed by atoms with van der Waals surface area (Å²) in [6.45, 7) is 0. The van der Waals surface area contributed by atoms with E-state index in [1.54, 1.807) is 32.4 Å². The van der Waals surface area contributed by atoms with E-state index >= 15 is 0 Å². The summed E-state index contributed by atoms with van der Waals surface area (Å²) >= 11 is 5.52. The van der Waals surface area contributed by atoms with Crippen molar-refractivity contribution in [2.24, 2.45) is 0 Å². The average Bonchev–Trinajstić information content (AvgIpc) is 2.36. The molecular formula is C12H16ClNO3. The predicted molar refractivity (Wildman–Crippen MR) is 68.1 cm³/mol. The molecule has 1 aromatic carbocycles. The van der Waals surface area contributed by atoms with Gasteiger partial charge in [-0.3, -0.25) is 4.79 Å². The fourth-order valence-electron chi connectivity index (χ4n) is 1.36. The maximum atomic E-state index is 11.5. The van der Waals surface area contributed by atoms with Crippen LogP contribution in [0.15, 0.2) is 18.2 Å². The van der Waals surface area contributed by atoms with E-state index in [0.29, 0.717) is 35.9 Å². The Bertz CT molecular complexity index is 382. The van der Waals surface area contributed by atoms with E-state index in [0.717, 1.165) is 0 Å². The second-order valence-electron chi connectivity index (χ2n) is 3.41. The topological polar surface area (TPSA) is 47.6 Å². The first kappa shape index (κ1) is 13.6. The molecular weight excluding hydrogens is 242 g/mol. The maximum Gasteiger partial charge on any atom is 0.224 e. The van der Waals surface area contributed by atoms with Crippen LogP contribution in [0.4, 0.5) is 5.69 Å². The molecule has 0 bridgehead atoms. The number of rotatable bonds is 6. The van der Waals surface area contributed by atoms with Crippen molar-refractivity contribution >= 4 is 23.2 Å². The van der Waals surface area contributed by atoms with E-state index < -0.39 is 0 Å². The summed E-state index contributed by atoms with van der Waals surface area (Å²) in [6, 6.07) is 5.23. The third kappa shape index (κ3) is 4.15. The molecule has 0 atom stereocenters. The third-order valence-corrected chi connectivity index (χ3v) is 2.47. The number of hydrogen-bond acceptors (Lipinski definition) is 3. The van der Waals surface area contributed by atoms with Crippen LogP contribution in [0.1, 0.15) is 12.8 Å². The van der Waals surface area contributed by atoms with Crippen molar-refractivity contribution in [1.29, 1.82) is 0 Å². The Balaban J connectivity index is 2.68. The number of halogens is 1. The highest BCUT2D eigenvalue weighted by atomic mass is 35.5. The van der Waals surface area contributed by atoms with Crippen LogP contribution in [0.25, 0.3) is 0 Å². The van der Waals surface area contributed by atoms with Crippen LogP contribution in [0.5, 0.6) is 11.5 Å². The number of carbonyl (C=O) groups excluding carboxylic acids is 1. The van der Waals surface area contributed by atoms with Gasteiger partial charge in [0, 0.05) is 24.1 Å². The van der Waals surface area contributed by atoms with E-state index in [1.165, 1.54) is 0 Å². The quantitative estimate of drug-likeness (QED) is 0.797. The molecule has 1 rings (SSSR count). The van der Waals surface area contributed by atoms with Crippen LogP contribution in [0, 0.1) is 0 Å². The van der Waals surface area contributed by atoms with Crippen molar-refractivity contribution in [3.63, 3.8) is 0 Å². The number of amides is 1. The SMILES string of the molecule is COc1ccc(NC(=O)CCCCl)cc1OC. The van der Waals surface area contributed by atoms with Crippen molar-refractivity contribution in [2.45, 2.75) is 12.8 Å². The summed E-state index contributed by atoms with van der Waals surface area (Å²) in [7, 11) is 3.12. The number of benzene rings is 1. The van der Waals surface area contributed by atoms with E-state index in [1.807, 2.05) is 0 Å². The Morgan fingerprint density at radius 1 is 1.29 bits per heavy atom. The Labute approximate surface area is 106 Å². The van der Waals surface area contributed by atoms with Crippen LogP contribution >= 0.6 is 11.6 Å². The van der Waals surface area contributed by atoms with Gasteiger partial charge in [-0.25, -0.2) is 0 Å². The molecule has 0 radical (unpaired) electrons. The van der Waals surface area contributed by atoms with E-state index in [-0.39, 0.29) is 5.91 Å². The lowest BCUT2D eigenvalue weighted by Gasteiger charge is -2.10. The first-order valence-electron chi connectivity index (χ1n) is 5.29. The summed E-state index contributed by atoms with van der Waals surface area (Å²) in [5.41, 5.74) is 0.683. The van der Waals surface area contributed by atoms with Crippen LogP contribution in [0.2, 0.25) is 0 Å². The second-order valence-corrected chi connectivity index (χ2v) is 3.79. The van der Waals surface area contributed by atoms with Gasteiger partial charge in [0.1, 0.15) is 0 Å². The van der Waals surface area contributed by atoms with Crippen molar-refractivity contribution in [3.05, 3.63) is 18.2 Å². The van der Waals surface area contributed by atoms with Crippen molar-refractivity contribution < 1.29 is 14.3 Å². The molecule has 4 nitrogen and oxygen atoms in total. The Morgan fingerprint density at radius 3 is 2.59 bits per heavy atom. The molecule has 0 heterocycles. The van der Waals surface area contributed by atoms with Gasteiger partial charge >= 0.3 is 0 Å². The maximum absolute atomic E-state index is 11.5. The predicted octanol–water partition coefficient (Wildman–Crippen LogP) is 2.66. The lowest BCUT2D eigenvalue weighted by molar-refractivity contribution is -0.116. The Hall–Kier alpha value is -1.42. The van der Waals surface area contributed by atoms with Crippen LogP contribution in [-0.2, 0) is 4.79 Å². The van der Waals surface area contributed by atoms with Gasteiger partial charge in [-0.1, -0.05) is 0 Å². The van der Waals surface area contributed by atoms with E-state index in [2.05, 4.69) is 5.32 Å². The molecule has 94 valence electrons. The molecule has 0 fully saturated rings. The van der Waals surface area contributed by atoms with Crippen molar-refractivity contribution in [3.8, 4) is 11.5 Å². The van der Waals surface area contributed by atoms with Crippen molar-refractivity contribution in [2.75, 3.05) is 25.4 Å². The third-order valence-electron chi connectivity index (χ3n) is 2.20. The highest BCUT2D eigenvalue weighted by Gasteiger charge is 2.06. The molecule has 0 aliphatic carbocycles. The average molecular weight is 258 g/mol. The number of carbonyl (C=O) groups is 1. The zero-order valence-corrected chi connectivity index (χ0v) is 10.7. The van der Waals surface area contributed by atoms with E-state index in [4.69, 9.17) is 21.1 Å².